The van der Waals surface area contributed by atoms with Crippen molar-refractivity contribution in [2.45, 2.75) is 26.4 Å². The maximum absolute atomic E-state index is 11.5. The summed E-state index contributed by atoms with van der Waals surface area (Å²) in [7, 11) is 0. The third-order valence-corrected chi connectivity index (χ3v) is 3.47. The van der Waals surface area contributed by atoms with Crippen LogP contribution in [0.3, 0.4) is 0 Å². The molecule has 0 aliphatic rings. The number of amides is 2. The summed E-state index contributed by atoms with van der Waals surface area (Å²) in [5.74, 6) is 0.877. The Morgan fingerprint density at radius 3 is 2.80 bits per heavy atom. The number of carbonyl (C=O) groups excluding carboxylic acids is 2. The summed E-state index contributed by atoms with van der Waals surface area (Å²) in [4.78, 5) is 26.8. The summed E-state index contributed by atoms with van der Waals surface area (Å²) in [5, 5.41) is 7.72. The number of nitrogens with zero attached hydrogens (tertiary/aromatic N) is 1. The molecule has 1 heterocycles. The number of thioether (sulfide) groups is 1. The zero-order valence-electron chi connectivity index (χ0n) is 11.8. The highest BCUT2D eigenvalue weighted by molar-refractivity contribution is 7.99. The molecule has 0 aliphatic carbocycles. The molecule has 2 N–H and O–H groups in total. The van der Waals surface area contributed by atoms with Gasteiger partial charge in [-0.1, -0.05) is 0 Å². The zero-order valence-corrected chi connectivity index (χ0v) is 13.4. The van der Waals surface area contributed by atoms with E-state index in [1.165, 1.54) is 23.1 Å². The average Bonchev–Trinajstić information content (AvgIpc) is 2.78. The quantitative estimate of drug-likeness (QED) is 0.787. The van der Waals surface area contributed by atoms with E-state index in [0.29, 0.717) is 23.2 Å². The Labute approximate surface area is 126 Å². The van der Waals surface area contributed by atoms with Crippen molar-refractivity contribution in [1.82, 2.24) is 10.3 Å². The lowest BCUT2D eigenvalue weighted by Gasteiger charge is -2.19. The van der Waals surface area contributed by atoms with Gasteiger partial charge in [0.05, 0.1) is 5.75 Å². The minimum Gasteiger partial charge on any atom is -0.444 e. The minimum atomic E-state index is -0.495. The molecule has 112 valence electrons. The monoisotopic (exact) mass is 317 g/mol. The number of thiazole rings is 1. The Hall–Kier alpha value is -1.28. The van der Waals surface area contributed by atoms with Crippen LogP contribution in [0.1, 0.15) is 20.8 Å². The zero-order chi connectivity index (χ0) is 15.0. The number of rotatable bonds is 6. The number of ether oxygens (including phenoxy) is 1. The van der Waals surface area contributed by atoms with E-state index in [0.717, 1.165) is 0 Å². The van der Waals surface area contributed by atoms with E-state index in [2.05, 4.69) is 15.6 Å². The summed E-state index contributed by atoms with van der Waals surface area (Å²) in [6.07, 6.45) is 1.20. The first kappa shape index (κ1) is 16.8. The van der Waals surface area contributed by atoms with Crippen LogP contribution in [-0.2, 0) is 9.53 Å². The van der Waals surface area contributed by atoms with Gasteiger partial charge in [0.2, 0.25) is 5.91 Å². The van der Waals surface area contributed by atoms with Gasteiger partial charge in [-0.2, -0.15) is 11.8 Å². The SMILES string of the molecule is CC(C)(C)OC(=O)NCCSCC(=O)Nc1nccs1. The third-order valence-electron chi connectivity index (χ3n) is 1.83. The Kier molecular flexibility index (Phi) is 6.80. The molecule has 0 bridgehead atoms. The van der Waals surface area contributed by atoms with Crippen LogP contribution in [0.15, 0.2) is 11.6 Å². The van der Waals surface area contributed by atoms with Crippen LogP contribution >= 0.6 is 23.1 Å². The second kappa shape index (κ2) is 8.11. The van der Waals surface area contributed by atoms with Gasteiger partial charge in [0.25, 0.3) is 0 Å². The van der Waals surface area contributed by atoms with Crippen molar-refractivity contribution in [3.05, 3.63) is 11.6 Å². The van der Waals surface area contributed by atoms with Crippen LogP contribution in [0.2, 0.25) is 0 Å². The lowest BCUT2D eigenvalue weighted by molar-refractivity contribution is -0.113. The number of nitrogens with one attached hydrogen (secondary N) is 2. The summed E-state index contributed by atoms with van der Waals surface area (Å²) in [5.41, 5.74) is -0.495. The van der Waals surface area contributed by atoms with Crippen molar-refractivity contribution in [2.24, 2.45) is 0 Å². The maximum atomic E-state index is 11.5. The molecule has 8 heteroatoms. The van der Waals surface area contributed by atoms with Gasteiger partial charge in [0.15, 0.2) is 5.13 Å². The number of alkyl carbamates (subject to hydrolysis) is 1. The first-order valence-corrected chi connectivity index (χ1v) is 8.14. The summed E-state index contributed by atoms with van der Waals surface area (Å²) in [6.45, 7) is 5.89. The van der Waals surface area contributed by atoms with Gasteiger partial charge < -0.3 is 15.4 Å². The highest BCUT2D eigenvalue weighted by atomic mass is 32.2. The fourth-order valence-electron chi connectivity index (χ4n) is 1.14. The second-order valence-electron chi connectivity index (χ2n) is 4.87. The summed E-state index contributed by atoms with van der Waals surface area (Å²) in [6, 6.07) is 0. The van der Waals surface area contributed by atoms with E-state index in [1.807, 2.05) is 20.8 Å². The van der Waals surface area contributed by atoms with E-state index in [4.69, 9.17) is 4.74 Å². The predicted molar refractivity (Wildman–Crippen MR) is 82.3 cm³/mol. The molecular weight excluding hydrogens is 298 g/mol. The van der Waals surface area contributed by atoms with E-state index in [9.17, 15) is 9.59 Å². The Morgan fingerprint density at radius 1 is 1.45 bits per heavy atom. The van der Waals surface area contributed by atoms with Crippen molar-refractivity contribution in [3.8, 4) is 0 Å². The predicted octanol–water partition coefficient (Wildman–Crippen LogP) is 2.34. The van der Waals surface area contributed by atoms with Crippen molar-refractivity contribution in [3.63, 3.8) is 0 Å². The molecule has 1 aromatic heterocycles. The molecule has 6 nitrogen and oxygen atoms in total. The molecule has 0 saturated heterocycles. The van der Waals surface area contributed by atoms with Crippen LogP contribution in [0.5, 0.6) is 0 Å². The number of aromatic nitrogens is 1. The van der Waals surface area contributed by atoms with Crippen LogP contribution in [0, 0.1) is 0 Å². The van der Waals surface area contributed by atoms with Crippen LogP contribution < -0.4 is 10.6 Å². The number of anilines is 1. The van der Waals surface area contributed by atoms with Crippen LogP contribution in [0.4, 0.5) is 9.93 Å². The average molecular weight is 317 g/mol. The first-order chi connectivity index (χ1) is 9.37. The molecule has 0 spiro atoms. The maximum Gasteiger partial charge on any atom is 0.407 e. The van der Waals surface area contributed by atoms with Gasteiger partial charge in [-0.05, 0) is 20.8 Å². The molecule has 0 fully saturated rings. The number of hydrogen-bond donors (Lipinski definition) is 2. The second-order valence-corrected chi connectivity index (χ2v) is 6.87. The van der Waals surface area contributed by atoms with E-state index < -0.39 is 11.7 Å². The van der Waals surface area contributed by atoms with Gasteiger partial charge in [0, 0.05) is 23.9 Å². The van der Waals surface area contributed by atoms with Gasteiger partial charge in [-0.15, -0.1) is 11.3 Å². The molecule has 0 radical (unpaired) electrons. The molecule has 0 unspecified atom stereocenters. The standard InChI is InChI=1S/C12H19N3O3S2/c1-12(2,3)18-11(17)14-4-6-19-8-9(16)15-10-13-5-7-20-10/h5,7H,4,6,8H2,1-3H3,(H,14,17)(H,13,15,16). The van der Waals surface area contributed by atoms with E-state index >= 15 is 0 Å². The fraction of sp³-hybridized carbons (Fsp3) is 0.583. The number of carbonyl (C=O) groups is 2. The summed E-state index contributed by atoms with van der Waals surface area (Å²) < 4.78 is 5.09. The molecule has 20 heavy (non-hydrogen) atoms. The van der Waals surface area contributed by atoms with Crippen LogP contribution in [0.25, 0.3) is 0 Å². The lowest BCUT2D eigenvalue weighted by Crippen LogP contribution is -2.33. The molecule has 0 aliphatic heterocycles. The molecule has 2 amide bonds. The Morgan fingerprint density at radius 2 is 2.20 bits per heavy atom. The molecule has 0 saturated carbocycles. The topological polar surface area (TPSA) is 80.3 Å². The Balaban J connectivity index is 2.04. The van der Waals surface area contributed by atoms with E-state index in [1.54, 1.807) is 11.6 Å². The molecule has 0 aromatic carbocycles. The van der Waals surface area contributed by atoms with Crippen molar-refractivity contribution < 1.29 is 14.3 Å². The van der Waals surface area contributed by atoms with Crippen LogP contribution in [-0.4, -0.2) is 40.6 Å². The molecule has 0 atom stereocenters. The van der Waals surface area contributed by atoms with Crippen molar-refractivity contribution in [1.29, 1.82) is 0 Å². The third kappa shape index (κ3) is 8.00. The van der Waals surface area contributed by atoms with Gasteiger partial charge in [-0.3, -0.25) is 4.79 Å². The fourth-order valence-corrected chi connectivity index (χ4v) is 2.34. The highest BCUT2D eigenvalue weighted by Crippen LogP contribution is 2.11. The van der Waals surface area contributed by atoms with Gasteiger partial charge in [-0.25, -0.2) is 9.78 Å². The summed E-state index contributed by atoms with van der Waals surface area (Å²) >= 11 is 2.82. The van der Waals surface area contributed by atoms with Gasteiger partial charge in [0.1, 0.15) is 5.60 Å². The van der Waals surface area contributed by atoms with E-state index in [-0.39, 0.29) is 5.91 Å². The normalized spacial score (nSPS) is 10.9. The largest absolute Gasteiger partial charge is 0.444 e. The Bertz CT molecular complexity index is 430. The molecular formula is C12H19N3O3S2. The van der Waals surface area contributed by atoms with Crippen molar-refractivity contribution >= 4 is 40.2 Å². The first-order valence-electron chi connectivity index (χ1n) is 6.11. The lowest BCUT2D eigenvalue weighted by atomic mass is 10.2. The molecule has 1 rings (SSSR count). The highest BCUT2D eigenvalue weighted by Gasteiger charge is 2.15. The smallest absolute Gasteiger partial charge is 0.407 e. The van der Waals surface area contributed by atoms with Gasteiger partial charge >= 0.3 is 6.09 Å². The number of hydrogen-bond acceptors (Lipinski definition) is 6. The van der Waals surface area contributed by atoms with Crippen molar-refractivity contribution in [2.75, 3.05) is 23.4 Å². The molecule has 1 aromatic rings. The minimum absolute atomic E-state index is 0.0952.